The minimum atomic E-state index is -0.925. The zero-order chi connectivity index (χ0) is 12.1. The lowest BCUT2D eigenvalue weighted by Gasteiger charge is -2.30. The first-order valence-electron chi connectivity index (χ1n) is 4.95. The van der Waals surface area contributed by atoms with Crippen LogP contribution >= 0.6 is 0 Å². The van der Waals surface area contributed by atoms with E-state index in [2.05, 4.69) is 5.32 Å². The molecule has 0 bridgehead atoms. The lowest BCUT2D eigenvalue weighted by molar-refractivity contribution is -0.149. The van der Waals surface area contributed by atoms with Gasteiger partial charge in [0.05, 0.1) is 19.6 Å². The molecule has 0 aromatic heterocycles. The van der Waals surface area contributed by atoms with Crippen molar-refractivity contribution in [3.63, 3.8) is 0 Å². The number of amides is 2. The maximum absolute atomic E-state index is 11.3. The highest BCUT2D eigenvalue weighted by Crippen LogP contribution is 2.01. The average molecular weight is 247 g/mol. The highest BCUT2D eigenvalue weighted by molar-refractivity contribution is 5.99. The molecule has 98 valence electrons. The van der Waals surface area contributed by atoms with E-state index in [0.29, 0.717) is 13.1 Å². The van der Waals surface area contributed by atoms with Crippen LogP contribution in [0.3, 0.4) is 0 Å². The normalized spacial score (nSPS) is 16.9. The second kappa shape index (κ2) is 6.94. The van der Waals surface area contributed by atoms with Gasteiger partial charge in [0.15, 0.2) is 0 Å². The van der Waals surface area contributed by atoms with Crippen molar-refractivity contribution < 1.29 is 25.0 Å². The number of carboxylic acids is 1. The molecule has 1 rings (SSSR count). The smallest absolute Gasteiger partial charge is 0.317 e. The topological polar surface area (TPSA) is 121 Å². The number of hydrogen-bond donors (Lipinski definition) is 2. The Bertz CT molecular complexity index is 289. The molecule has 1 fully saturated rings. The van der Waals surface area contributed by atoms with Crippen LogP contribution in [0.15, 0.2) is 0 Å². The number of likely N-dealkylation sites (N-methyl/N-ethyl adjacent to an activating group) is 1. The minimum absolute atomic E-state index is 0. The Hall–Kier alpha value is -1.51. The fraction of sp³-hybridized carbons (Fsp3) is 0.667. The molecule has 8 nitrogen and oxygen atoms in total. The maximum atomic E-state index is 11.3. The first-order valence-corrected chi connectivity index (χ1v) is 4.95. The zero-order valence-electron chi connectivity index (χ0n) is 9.60. The standard InChI is InChI=1S/C9H15N3O4.H2O/c1-11-7(13)5-12(6-8(11)14)3-2-10-4-9(15)16;/h10H,2-6H2,1H3,(H,15,16);1H2. The second-order valence-corrected chi connectivity index (χ2v) is 3.63. The number of aliphatic carboxylic acids is 1. The van der Waals surface area contributed by atoms with Crippen molar-refractivity contribution in [3.05, 3.63) is 0 Å². The van der Waals surface area contributed by atoms with Gasteiger partial charge in [-0.1, -0.05) is 0 Å². The summed E-state index contributed by atoms with van der Waals surface area (Å²) in [5.41, 5.74) is 0. The first kappa shape index (κ1) is 15.5. The number of nitrogens with zero attached hydrogens (tertiary/aromatic N) is 2. The SMILES string of the molecule is CN1C(=O)CN(CCNCC(=O)O)CC1=O.O. The van der Waals surface area contributed by atoms with E-state index in [4.69, 9.17) is 5.11 Å². The summed E-state index contributed by atoms with van der Waals surface area (Å²) >= 11 is 0. The third-order valence-corrected chi connectivity index (χ3v) is 2.35. The van der Waals surface area contributed by atoms with Crippen molar-refractivity contribution in [2.75, 3.05) is 39.8 Å². The maximum Gasteiger partial charge on any atom is 0.317 e. The quantitative estimate of drug-likeness (QED) is 0.398. The van der Waals surface area contributed by atoms with Gasteiger partial charge in [0.25, 0.3) is 0 Å². The molecular weight excluding hydrogens is 230 g/mol. The van der Waals surface area contributed by atoms with E-state index in [0.717, 1.165) is 4.90 Å². The van der Waals surface area contributed by atoms with Crippen molar-refractivity contribution in [3.8, 4) is 0 Å². The number of piperazine rings is 1. The molecule has 0 unspecified atom stereocenters. The Morgan fingerprint density at radius 1 is 1.35 bits per heavy atom. The summed E-state index contributed by atoms with van der Waals surface area (Å²) in [5.74, 6) is -1.38. The Morgan fingerprint density at radius 2 is 1.88 bits per heavy atom. The number of imide groups is 1. The van der Waals surface area contributed by atoms with Gasteiger partial charge >= 0.3 is 5.97 Å². The predicted octanol–water partition coefficient (Wildman–Crippen LogP) is -2.86. The molecule has 4 N–H and O–H groups in total. The van der Waals surface area contributed by atoms with Gasteiger partial charge in [-0.3, -0.25) is 24.2 Å². The van der Waals surface area contributed by atoms with E-state index < -0.39 is 5.97 Å². The Kier molecular flexibility index (Phi) is 6.33. The molecular formula is C9H17N3O5. The summed E-state index contributed by atoms with van der Waals surface area (Å²) in [6, 6.07) is 0. The van der Waals surface area contributed by atoms with Gasteiger partial charge in [-0.2, -0.15) is 0 Å². The number of nitrogens with one attached hydrogen (secondary N) is 1. The fourth-order valence-electron chi connectivity index (χ4n) is 1.38. The van der Waals surface area contributed by atoms with Crippen LogP contribution in [0.5, 0.6) is 0 Å². The fourth-order valence-corrected chi connectivity index (χ4v) is 1.38. The van der Waals surface area contributed by atoms with Crippen LogP contribution in [-0.2, 0) is 14.4 Å². The molecule has 0 aromatic rings. The van der Waals surface area contributed by atoms with Crippen molar-refractivity contribution in [1.82, 2.24) is 15.1 Å². The summed E-state index contributed by atoms with van der Waals surface area (Å²) in [4.78, 5) is 35.6. The third kappa shape index (κ3) is 4.89. The van der Waals surface area contributed by atoms with E-state index >= 15 is 0 Å². The van der Waals surface area contributed by atoms with Gasteiger partial charge in [0, 0.05) is 20.1 Å². The third-order valence-electron chi connectivity index (χ3n) is 2.35. The minimum Gasteiger partial charge on any atom is -0.480 e. The predicted molar refractivity (Wildman–Crippen MR) is 58.3 cm³/mol. The largest absolute Gasteiger partial charge is 0.480 e. The molecule has 0 aliphatic carbocycles. The van der Waals surface area contributed by atoms with Crippen LogP contribution in [-0.4, -0.2) is 77.9 Å². The van der Waals surface area contributed by atoms with E-state index in [9.17, 15) is 14.4 Å². The van der Waals surface area contributed by atoms with Gasteiger partial charge in [0.2, 0.25) is 11.8 Å². The molecule has 0 spiro atoms. The van der Waals surface area contributed by atoms with Crippen molar-refractivity contribution in [2.45, 2.75) is 0 Å². The molecule has 1 heterocycles. The van der Waals surface area contributed by atoms with Crippen LogP contribution < -0.4 is 5.32 Å². The summed E-state index contributed by atoms with van der Waals surface area (Å²) in [6.45, 7) is 1.22. The molecule has 0 radical (unpaired) electrons. The average Bonchev–Trinajstić information content (AvgIpc) is 2.20. The van der Waals surface area contributed by atoms with Gasteiger partial charge in [-0.25, -0.2) is 0 Å². The molecule has 1 saturated heterocycles. The number of carbonyl (C=O) groups is 3. The zero-order valence-corrected chi connectivity index (χ0v) is 9.60. The van der Waals surface area contributed by atoms with Crippen molar-refractivity contribution in [2.24, 2.45) is 0 Å². The van der Waals surface area contributed by atoms with Gasteiger partial charge in [0.1, 0.15) is 0 Å². The molecule has 0 atom stereocenters. The molecule has 0 saturated carbocycles. The monoisotopic (exact) mass is 247 g/mol. The van der Waals surface area contributed by atoms with Crippen LogP contribution in [0.2, 0.25) is 0 Å². The Balaban J connectivity index is 0.00000256. The molecule has 17 heavy (non-hydrogen) atoms. The second-order valence-electron chi connectivity index (χ2n) is 3.63. The van der Waals surface area contributed by atoms with E-state index in [-0.39, 0.29) is 36.9 Å². The van der Waals surface area contributed by atoms with Crippen LogP contribution in [0.25, 0.3) is 0 Å². The van der Waals surface area contributed by atoms with E-state index in [1.54, 1.807) is 4.90 Å². The molecule has 1 aliphatic heterocycles. The van der Waals surface area contributed by atoms with Crippen LogP contribution in [0.1, 0.15) is 0 Å². The van der Waals surface area contributed by atoms with E-state index in [1.807, 2.05) is 0 Å². The Labute approximate surface area is 98.5 Å². The lowest BCUT2D eigenvalue weighted by atomic mass is 10.3. The Morgan fingerprint density at radius 3 is 2.35 bits per heavy atom. The first-order chi connectivity index (χ1) is 7.50. The highest BCUT2D eigenvalue weighted by atomic mass is 16.4. The highest BCUT2D eigenvalue weighted by Gasteiger charge is 2.27. The van der Waals surface area contributed by atoms with Crippen molar-refractivity contribution in [1.29, 1.82) is 0 Å². The molecule has 1 aliphatic rings. The number of hydrogen-bond acceptors (Lipinski definition) is 5. The summed E-state index contributed by atoms with van der Waals surface area (Å²) < 4.78 is 0. The van der Waals surface area contributed by atoms with Gasteiger partial charge in [-0.15, -0.1) is 0 Å². The molecule has 0 aromatic carbocycles. The summed E-state index contributed by atoms with van der Waals surface area (Å²) in [7, 11) is 1.46. The lowest BCUT2D eigenvalue weighted by Crippen LogP contribution is -2.53. The number of carbonyl (C=O) groups excluding carboxylic acids is 2. The number of carboxylic acid groups (broad SMARTS) is 1. The summed E-state index contributed by atoms with van der Waals surface area (Å²) in [5, 5.41) is 11.1. The number of rotatable bonds is 5. The van der Waals surface area contributed by atoms with Gasteiger partial charge < -0.3 is 15.9 Å². The molecule has 2 amide bonds. The van der Waals surface area contributed by atoms with Gasteiger partial charge in [-0.05, 0) is 0 Å². The summed E-state index contributed by atoms with van der Waals surface area (Å²) in [6.07, 6.45) is 0. The van der Waals surface area contributed by atoms with Crippen molar-refractivity contribution >= 4 is 17.8 Å². The van der Waals surface area contributed by atoms with E-state index in [1.165, 1.54) is 7.05 Å². The van der Waals surface area contributed by atoms with Crippen LogP contribution in [0.4, 0.5) is 0 Å². The molecule has 8 heteroatoms. The van der Waals surface area contributed by atoms with Crippen LogP contribution in [0, 0.1) is 0 Å².